The van der Waals surface area contributed by atoms with Gasteiger partial charge in [-0.05, 0) is 80.5 Å². The second-order valence-corrected chi connectivity index (χ2v) is 7.27. The molecule has 0 aromatic carbocycles. The lowest BCUT2D eigenvalue weighted by atomic mass is 9.70. The first-order chi connectivity index (χ1) is 7.92. The first-order valence-electron chi connectivity index (χ1n) is 7.92. The number of fused-ring (bicyclic) bond motifs is 12. The summed E-state index contributed by atoms with van der Waals surface area (Å²) >= 11 is 0. The van der Waals surface area contributed by atoms with Crippen LogP contribution in [0.1, 0.15) is 64.2 Å². The predicted octanol–water partition coefficient (Wildman–Crippen LogP) is 4.64. The van der Waals surface area contributed by atoms with Gasteiger partial charge in [0.05, 0.1) is 0 Å². The Kier molecular flexibility index (Phi) is 2.34. The Labute approximate surface area is 100 Å². The zero-order valence-corrected chi connectivity index (χ0v) is 10.5. The highest BCUT2D eigenvalue weighted by Gasteiger charge is 2.46. The molecule has 6 atom stereocenters. The largest absolute Gasteiger partial charge is 0.0528 e. The minimum absolute atomic E-state index is 1.15. The average Bonchev–Trinajstić information content (AvgIpc) is 2.53. The molecule has 4 aliphatic rings. The maximum absolute atomic E-state index is 1.64. The summed E-state index contributed by atoms with van der Waals surface area (Å²) in [5.74, 6) is 6.94. The molecule has 6 bridgehead atoms. The Balaban J connectivity index is 1.74. The van der Waals surface area contributed by atoms with E-state index in [1.807, 2.05) is 0 Å². The van der Waals surface area contributed by atoms with Gasteiger partial charge in [0.1, 0.15) is 0 Å². The molecule has 0 saturated heterocycles. The second-order valence-electron chi connectivity index (χ2n) is 7.27. The van der Waals surface area contributed by atoms with Gasteiger partial charge in [-0.1, -0.05) is 19.3 Å². The summed E-state index contributed by atoms with van der Waals surface area (Å²) in [4.78, 5) is 0. The number of hydrogen-bond acceptors (Lipinski definition) is 0. The van der Waals surface area contributed by atoms with Crippen LogP contribution >= 0.6 is 0 Å². The lowest BCUT2D eigenvalue weighted by molar-refractivity contribution is 0.152. The lowest BCUT2D eigenvalue weighted by Crippen LogP contribution is -2.25. The van der Waals surface area contributed by atoms with Gasteiger partial charge in [-0.15, -0.1) is 0 Å². The Hall–Kier alpha value is 0. The van der Waals surface area contributed by atoms with Crippen LogP contribution in [-0.2, 0) is 0 Å². The van der Waals surface area contributed by atoms with E-state index < -0.39 is 0 Å². The third-order valence-electron chi connectivity index (χ3n) is 6.83. The van der Waals surface area contributed by atoms with Crippen molar-refractivity contribution in [2.75, 3.05) is 0 Å². The average molecular weight is 218 g/mol. The van der Waals surface area contributed by atoms with E-state index in [9.17, 15) is 0 Å². The van der Waals surface area contributed by atoms with Crippen molar-refractivity contribution in [3.05, 3.63) is 0 Å². The van der Waals surface area contributed by atoms with Gasteiger partial charge in [-0.2, -0.15) is 0 Å². The van der Waals surface area contributed by atoms with Crippen LogP contribution in [0.4, 0.5) is 0 Å². The predicted molar refractivity (Wildman–Crippen MR) is 67.1 cm³/mol. The summed E-state index contributed by atoms with van der Waals surface area (Å²) in [5.41, 5.74) is 0. The normalized spacial score (nSPS) is 55.5. The maximum atomic E-state index is 1.64. The summed E-state index contributed by atoms with van der Waals surface area (Å²) < 4.78 is 0. The molecular weight excluding hydrogens is 192 g/mol. The van der Waals surface area contributed by atoms with E-state index >= 15 is 0 Å². The fourth-order valence-electron chi connectivity index (χ4n) is 6.14. The quantitative estimate of drug-likeness (QED) is 0.520. The molecule has 0 aromatic rings. The highest BCUT2D eigenvalue weighted by atomic mass is 14.5. The molecule has 0 N–H and O–H groups in total. The topological polar surface area (TPSA) is 0 Å². The molecule has 4 aliphatic carbocycles. The first-order valence-corrected chi connectivity index (χ1v) is 7.92. The lowest BCUT2D eigenvalue weighted by Gasteiger charge is -2.35. The molecule has 4 fully saturated rings. The van der Waals surface area contributed by atoms with Gasteiger partial charge in [-0.25, -0.2) is 0 Å². The van der Waals surface area contributed by atoms with Gasteiger partial charge in [-0.3, -0.25) is 0 Å². The summed E-state index contributed by atoms with van der Waals surface area (Å²) in [6.07, 6.45) is 16.1. The molecule has 0 radical (unpaired) electrons. The van der Waals surface area contributed by atoms with Crippen molar-refractivity contribution in [3.8, 4) is 0 Å². The highest BCUT2D eigenvalue weighted by Crippen LogP contribution is 2.56. The maximum Gasteiger partial charge on any atom is -0.0357 e. The van der Waals surface area contributed by atoms with Gasteiger partial charge in [0.25, 0.3) is 0 Å². The van der Waals surface area contributed by atoms with Crippen LogP contribution in [0.15, 0.2) is 0 Å². The van der Waals surface area contributed by atoms with Crippen LogP contribution in [0.5, 0.6) is 0 Å². The Morgan fingerprint density at radius 2 is 0.938 bits per heavy atom. The summed E-state index contributed by atoms with van der Waals surface area (Å²) in [6, 6.07) is 0. The molecule has 0 amide bonds. The van der Waals surface area contributed by atoms with E-state index in [0.717, 1.165) is 35.5 Å². The molecule has 4 saturated carbocycles. The van der Waals surface area contributed by atoms with Crippen molar-refractivity contribution in [3.63, 3.8) is 0 Å². The van der Waals surface area contributed by atoms with Crippen LogP contribution in [0.3, 0.4) is 0 Å². The molecule has 0 aliphatic heterocycles. The van der Waals surface area contributed by atoms with Gasteiger partial charge in [0.2, 0.25) is 0 Å². The van der Waals surface area contributed by atoms with Crippen LogP contribution in [0, 0.1) is 35.5 Å². The van der Waals surface area contributed by atoms with Crippen molar-refractivity contribution in [1.29, 1.82) is 0 Å². The summed E-state index contributed by atoms with van der Waals surface area (Å²) in [6.45, 7) is 0. The fourth-order valence-corrected chi connectivity index (χ4v) is 6.14. The Bertz CT molecular complexity index is 243. The second kappa shape index (κ2) is 3.75. The molecule has 0 heterocycles. The molecule has 0 heteroatoms. The fraction of sp³-hybridized carbons (Fsp3) is 1.00. The van der Waals surface area contributed by atoms with Gasteiger partial charge in [0.15, 0.2) is 0 Å². The molecule has 0 aromatic heterocycles. The molecule has 0 spiro atoms. The van der Waals surface area contributed by atoms with Crippen molar-refractivity contribution in [1.82, 2.24) is 0 Å². The third kappa shape index (κ3) is 1.41. The monoisotopic (exact) mass is 218 g/mol. The Morgan fingerprint density at radius 3 is 1.50 bits per heavy atom. The number of hydrogen-bond donors (Lipinski definition) is 0. The van der Waals surface area contributed by atoms with E-state index in [1.165, 1.54) is 0 Å². The first kappa shape index (κ1) is 9.97. The SMILES string of the molecule is C1CC2CCC(C1)C1CCC2C2CCC1C2. The standard InChI is InChI=1S/C16H26/c1-2-11-4-5-12(3-1)16-9-8-15(11)13-6-7-14(16)10-13/h11-16H,1-10H2. The van der Waals surface area contributed by atoms with E-state index in [4.69, 9.17) is 0 Å². The molecule has 6 unspecified atom stereocenters. The molecule has 0 nitrogen and oxygen atoms in total. The van der Waals surface area contributed by atoms with Crippen molar-refractivity contribution >= 4 is 0 Å². The van der Waals surface area contributed by atoms with Crippen LogP contribution in [-0.4, -0.2) is 0 Å². The van der Waals surface area contributed by atoms with E-state index in [1.54, 1.807) is 64.2 Å². The van der Waals surface area contributed by atoms with Crippen LogP contribution < -0.4 is 0 Å². The van der Waals surface area contributed by atoms with Crippen LogP contribution in [0.2, 0.25) is 0 Å². The van der Waals surface area contributed by atoms with E-state index in [-0.39, 0.29) is 0 Å². The molecule has 16 heavy (non-hydrogen) atoms. The third-order valence-corrected chi connectivity index (χ3v) is 6.83. The highest BCUT2D eigenvalue weighted by molar-refractivity contribution is 4.96. The zero-order chi connectivity index (χ0) is 10.5. The van der Waals surface area contributed by atoms with Crippen molar-refractivity contribution < 1.29 is 0 Å². The van der Waals surface area contributed by atoms with Gasteiger partial charge >= 0.3 is 0 Å². The minimum atomic E-state index is 1.15. The van der Waals surface area contributed by atoms with Crippen molar-refractivity contribution in [2.24, 2.45) is 35.5 Å². The smallest absolute Gasteiger partial charge is 0.0357 e. The number of rotatable bonds is 0. The molecule has 4 rings (SSSR count). The minimum Gasteiger partial charge on any atom is -0.0528 e. The van der Waals surface area contributed by atoms with Crippen LogP contribution in [0.25, 0.3) is 0 Å². The zero-order valence-electron chi connectivity index (χ0n) is 10.5. The Morgan fingerprint density at radius 1 is 0.438 bits per heavy atom. The van der Waals surface area contributed by atoms with Crippen molar-refractivity contribution in [2.45, 2.75) is 64.2 Å². The van der Waals surface area contributed by atoms with Gasteiger partial charge in [0, 0.05) is 0 Å². The summed E-state index contributed by atoms with van der Waals surface area (Å²) in [7, 11) is 0. The van der Waals surface area contributed by atoms with Gasteiger partial charge < -0.3 is 0 Å². The van der Waals surface area contributed by atoms with E-state index in [0.29, 0.717) is 0 Å². The summed E-state index contributed by atoms with van der Waals surface area (Å²) in [5, 5.41) is 0. The van der Waals surface area contributed by atoms with E-state index in [2.05, 4.69) is 0 Å². The molecule has 90 valence electrons. The molecular formula is C16H26.